The van der Waals surface area contributed by atoms with E-state index in [9.17, 15) is 4.79 Å². The minimum absolute atomic E-state index is 0.0907. The van der Waals surface area contributed by atoms with Gasteiger partial charge in [-0.2, -0.15) is 5.10 Å². The second-order valence-electron chi connectivity index (χ2n) is 8.83. The molecule has 0 radical (unpaired) electrons. The quantitative estimate of drug-likeness (QED) is 0.618. The Morgan fingerprint density at radius 2 is 1.81 bits per heavy atom. The van der Waals surface area contributed by atoms with E-state index in [4.69, 9.17) is 9.84 Å². The summed E-state index contributed by atoms with van der Waals surface area (Å²) in [6.45, 7) is 6.07. The van der Waals surface area contributed by atoms with Crippen molar-refractivity contribution in [1.82, 2.24) is 20.0 Å². The second kappa shape index (κ2) is 9.27. The summed E-state index contributed by atoms with van der Waals surface area (Å²) < 4.78 is 7.30. The molecular formula is C26H30N4O2. The Morgan fingerprint density at radius 3 is 2.50 bits per heavy atom. The first kappa shape index (κ1) is 20.9. The van der Waals surface area contributed by atoms with Crippen LogP contribution in [0.4, 0.5) is 0 Å². The number of aromatic nitrogens is 2. The van der Waals surface area contributed by atoms with Crippen molar-refractivity contribution in [2.45, 2.75) is 31.7 Å². The van der Waals surface area contributed by atoms with Gasteiger partial charge in [-0.3, -0.25) is 9.69 Å². The largest absolute Gasteiger partial charge is 0.379 e. The van der Waals surface area contributed by atoms with Crippen LogP contribution in [0.2, 0.25) is 0 Å². The van der Waals surface area contributed by atoms with Crippen molar-refractivity contribution in [1.29, 1.82) is 0 Å². The summed E-state index contributed by atoms with van der Waals surface area (Å²) in [6.07, 6.45) is 2.30. The van der Waals surface area contributed by atoms with Crippen LogP contribution in [-0.2, 0) is 4.74 Å². The fourth-order valence-electron chi connectivity index (χ4n) is 4.21. The molecular weight excluding hydrogens is 400 g/mol. The fraction of sp³-hybridized carbons (Fsp3) is 0.385. The molecule has 5 rings (SSSR count). The Hall–Kier alpha value is -2.96. The molecule has 1 saturated carbocycles. The maximum atomic E-state index is 13.6. The normalized spacial score (nSPS) is 17.8. The fourth-order valence-corrected chi connectivity index (χ4v) is 4.21. The average Bonchev–Trinajstić information content (AvgIpc) is 3.58. The molecule has 1 aromatic heterocycles. The highest BCUT2D eigenvalue weighted by molar-refractivity contribution is 5.93. The van der Waals surface area contributed by atoms with Gasteiger partial charge in [-0.05, 0) is 43.5 Å². The van der Waals surface area contributed by atoms with Gasteiger partial charge in [-0.15, -0.1) is 0 Å². The number of nitrogens with zero attached hydrogens (tertiary/aromatic N) is 3. The number of nitrogens with one attached hydrogen (secondary N) is 1. The highest BCUT2D eigenvalue weighted by atomic mass is 16.5. The van der Waals surface area contributed by atoms with Crippen LogP contribution >= 0.6 is 0 Å². The Balaban J connectivity index is 1.43. The van der Waals surface area contributed by atoms with E-state index < -0.39 is 0 Å². The zero-order valence-electron chi connectivity index (χ0n) is 18.5. The van der Waals surface area contributed by atoms with Crippen LogP contribution in [-0.4, -0.2) is 53.4 Å². The molecule has 1 saturated heterocycles. The van der Waals surface area contributed by atoms with E-state index in [0.717, 1.165) is 62.6 Å². The number of benzene rings is 2. The summed E-state index contributed by atoms with van der Waals surface area (Å²) in [5.41, 5.74) is 4.84. The first-order chi connectivity index (χ1) is 15.7. The number of morpholine rings is 1. The maximum Gasteiger partial charge on any atom is 0.270 e. The van der Waals surface area contributed by atoms with Crippen molar-refractivity contribution in [2.24, 2.45) is 0 Å². The van der Waals surface area contributed by atoms with Crippen LogP contribution in [0.3, 0.4) is 0 Å². The summed E-state index contributed by atoms with van der Waals surface area (Å²) >= 11 is 0. The third-order valence-electron chi connectivity index (χ3n) is 6.29. The van der Waals surface area contributed by atoms with Gasteiger partial charge in [0.2, 0.25) is 0 Å². The van der Waals surface area contributed by atoms with Crippen molar-refractivity contribution in [3.05, 3.63) is 83.2 Å². The summed E-state index contributed by atoms with van der Waals surface area (Å²) in [5.74, 6) is 0.389. The minimum Gasteiger partial charge on any atom is -0.379 e. The lowest BCUT2D eigenvalue weighted by atomic mass is 10.0. The summed E-state index contributed by atoms with van der Waals surface area (Å²) in [5, 5.41) is 8.12. The maximum absolute atomic E-state index is 13.6. The number of rotatable bonds is 7. The molecule has 1 aliphatic heterocycles. The molecule has 1 aliphatic carbocycles. The van der Waals surface area contributed by atoms with Crippen LogP contribution in [0, 0.1) is 6.92 Å². The topological polar surface area (TPSA) is 59.4 Å². The molecule has 32 heavy (non-hydrogen) atoms. The molecule has 2 aromatic carbocycles. The van der Waals surface area contributed by atoms with Crippen molar-refractivity contribution in [3.63, 3.8) is 0 Å². The number of carbonyl (C=O) groups is 1. The van der Waals surface area contributed by atoms with E-state index in [1.807, 2.05) is 36.4 Å². The molecule has 2 fully saturated rings. The Morgan fingerprint density at radius 1 is 1.09 bits per heavy atom. The number of hydrogen-bond donors (Lipinski definition) is 1. The van der Waals surface area contributed by atoms with Gasteiger partial charge in [0.05, 0.1) is 30.6 Å². The predicted octanol–water partition coefficient (Wildman–Crippen LogP) is 3.86. The summed E-state index contributed by atoms with van der Waals surface area (Å²) in [6, 6.07) is 20.2. The van der Waals surface area contributed by atoms with Crippen LogP contribution in [0.15, 0.2) is 60.7 Å². The lowest BCUT2D eigenvalue weighted by Crippen LogP contribution is -2.43. The first-order valence-corrected chi connectivity index (χ1v) is 11.5. The van der Waals surface area contributed by atoms with E-state index in [1.54, 1.807) is 4.68 Å². The third kappa shape index (κ3) is 4.76. The number of amides is 1. The molecule has 3 aromatic rings. The third-order valence-corrected chi connectivity index (χ3v) is 6.29. The van der Waals surface area contributed by atoms with Crippen molar-refractivity contribution >= 4 is 5.91 Å². The Kier molecular flexibility index (Phi) is 6.06. The molecule has 1 amide bonds. The van der Waals surface area contributed by atoms with Crippen LogP contribution in [0.25, 0.3) is 5.69 Å². The number of aryl methyl sites for hydroxylation is 1. The highest BCUT2D eigenvalue weighted by Crippen LogP contribution is 2.39. The van der Waals surface area contributed by atoms with Gasteiger partial charge in [-0.1, -0.05) is 48.0 Å². The zero-order valence-corrected chi connectivity index (χ0v) is 18.5. The summed E-state index contributed by atoms with van der Waals surface area (Å²) in [4.78, 5) is 15.9. The van der Waals surface area contributed by atoms with Crippen molar-refractivity contribution < 1.29 is 9.53 Å². The van der Waals surface area contributed by atoms with Gasteiger partial charge in [0, 0.05) is 25.6 Å². The molecule has 1 unspecified atom stereocenters. The monoisotopic (exact) mass is 430 g/mol. The van der Waals surface area contributed by atoms with E-state index in [-0.39, 0.29) is 11.9 Å². The lowest BCUT2D eigenvalue weighted by molar-refractivity contribution is 0.0332. The van der Waals surface area contributed by atoms with Crippen LogP contribution in [0.5, 0.6) is 0 Å². The molecule has 2 heterocycles. The predicted molar refractivity (Wildman–Crippen MR) is 124 cm³/mol. The smallest absolute Gasteiger partial charge is 0.270 e. The molecule has 0 spiro atoms. The summed E-state index contributed by atoms with van der Waals surface area (Å²) in [7, 11) is 0. The molecule has 2 aliphatic rings. The molecule has 1 N–H and O–H groups in total. The van der Waals surface area contributed by atoms with Gasteiger partial charge < -0.3 is 10.1 Å². The van der Waals surface area contributed by atoms with Crippen molar-refractivity contribution in [3.8, 4) is 5.69 Å². The van der Waals surface area contributed by atoms with Gasteiger partial charge >= 0.3 is 0 Å². The Bertz CT molecular complexity index is 1050. The standard InChI is InChI=1S/C26H30N4O2/c1-19-7-9-21(10-8-19)24(18-29-13-15-32-16-14-29)27-26(31)25-17-23(20-11-12-20)28-30(25)22-5-3-2-4-6-22/h2-10,17,20,24H,11-16,18H2,1H3,(H,27,31). The van der Waals surface area contributed by atoms with Gasteiger partial charge in [0.1, 0.15) is 5.69 Å². The first-order valence-electron chi connectivity index (χ1n) is 11.5. The highest BCUT2D eigenvalue weighted by Gasteiger charge is 2.30. The van der Waals surface area contributed by atoms with Crippen molar-refractivity contribution in [2.75, 3.05) is 32.8 Å². The van der Waals surface area contributed by atoms with E-state index in [1.165, 1.54) is 5.56 Å². The van der Waals surface area contributed by atoms with E-state index >= 15 is 0 Å². The minimum atomic E-state index is -0.107. The van der Waals surface area contributed by atoms with E-state index in [0.29, 0.717) is 11.6 Å². The molecule has 1 atom stereocenters. The van der Waals surface area contributed by atoms with Gasteiger partial charge in [-0.25, -0.2) is 4.68 Å². The average molecular weight is 431 g/mol. The lowest BCUT2D eigenvalue weighted by Gasteiger charge is -2.31. The second-order valence-corrected chi connectivity index (χ2v) is 8.83. The molecule has 6 heteroatoms. The number of para-hydroxylation sites is 1. The number of carbonyl (C=O) groups excluding carboxylic acids is 1. The van der Waals surface area contributed by atoms with Crippen LogP contribution < -0.4 is 5.32 Å². The van der Waals surface area contributed by atoms with E-state index in [2.05, 4.69) is 41.4 Å². The van der Waals surface area contributed by atoms with Crippen LogP contribution in [0.1, 0.15) is 52.1 Å². The zero-order chi connectivity index (χ0) is 21.9. The van der Waals surface area contributed by atoms with Gasteiger partial charge in [0.25, 0.3) is 5.91 Å². The SMILES string of the molecule is Cc1ccc(C(CN2CCOCC2)NC(=O)c2cc(C3CC3)nn2-c2ccccc2)cc1. The molecule has 6 nitrogen and oxygen atoms in total. The Labute approximate surface area is 189 Å². The number of hydrogen-bond acceptors (Lipinski definition) is 4. The van der Waals surface area contributed by atoms with Gasteiger partial charge in [0.15, 0.2) is 0 Å². The number of ether oxygens (including phenoxy) is 1. The molecule has 166 valence electrons. The molecule has 0 bridgehead atoms.